The highest BCUT2D eigenvalue weighted by atomic mass is 127. The van der Waals surface area contributed by atoms with Gasteiger partial charge in [-0.3, -0.25) is 0 Å². The summed E-state index contributed by atoms with van der Waals surface area (Å²) in [6.07, 6.45) is 0. The van der Waals surface area contributed by atoms with Crippen LogP contribution in [0.4, 0.5) is 0 Å². The van der Waals surface area contributed by atoms with E-state index in [1.54, 1.807) is 0 Å². The van der Waals surface area contributed by atoms with E-state index < -0.39 is 4.90 Å². The summed E-state index contributed by atoms with van der Waals surface area (Å²) < 4.78 is 0. The summed E-state index contributed by atoms with van der Waals surface area (Å²) in [5, 5.41) is 0. The molecule has 0 amide bonds. The van der Waals surface area contributed by atoms with Crippen molar-refractivity contribution in [1.82, 2.24) is 0 Å². The maximum Gasteiger partial charge on any atom is 0.155 e. The minimum Gasteiger partial charge on any atom is -0.0278 e. The van der Waals surface area contributed by atoms with E-state index in [0.29, 0.717) is 0 Å². The average molecular weight is 287 g/mol. The van der Waals surface area contributed by atoms with Gasteiger partial charge in [-0.2, -0.15) is 0 Å². The summed E-state index contributed by atoms with van der Waals surface area (Å²) in [4.78, 5) is -0.715. The highest BCUT2D eigenvalue weighted by Crippen LogP contribution is 2.76. The summed E-state index contributed by atoms with van der Waals surface area (Å²) in [6.45, 7) is 14.3. The van der Waals surface area contributed by atoms with Crippen LogP contribution in [0.2, 0.25) is 0 Å². The number of hydrogen-bond donors (Lipinski definition) is 0. The highest BCUT2D eigenvalue weighted by Gasteiger charge is 2.45. The first-order valence-corrected chi connectivity index (χ1v) is 9.19. The van der Waals surface area contributed by atoms with Gasteiger partial charge >= 0.3 is 0 Å². The zero-order chi connectivity index (χ0) is 9.23. The number of rotatable bonds is 3. The predicted molar refractivity (Wildman–Crippen MR) is 66.3 cm³/mol. The van der Waals surface area contributed by atoms with Gasteiger partial charge in [-0.1, -0.05) is 0 Å². The molecule has 0 aliphatic heterocycles. The second-order valence-corrected chi connectivity index (χ2v) is 13.6. The van der Waals surface area contributed by atoms with E-state index >= 15 is 0 Å². The Morgan fingerprint density at radius 1 is 0.727 bits per heavy atom. The molecule has 0 heterocycles. The van der Waals surface area contributed by atoms with Gasteiger partial charge < -0.3 is 0 Å². The van der Waals surface area contributed by atoms with Gasteiger partial charge in [0.1, 0.15) is 0 Å². The normalized spacial score (nSPS) is 13.6. The Morgan fingerprint density at radius 3 is 0.909 bits per heavy atom. The molecule has 2 heteroatoms. The Balaban J connectivity index is 4.53. The van der Waals surface area contributed by atoms with Gasteiger partial charge in [0.15, 0.2) is 22.0 Å². The first-order chi connectivity index (χ1) is 4.83. The molecular weight excluding hydrogens is 266 g/mol. The summed E-state index contributed by atoms with van der Waals surface area (Å²) in [5.41, 5.74) is 2.63. The van der Waals surface area contributed by atoms with E-state index in [-0.39, 0.29) is 0 Å². The average Bonchev–Trinajstić information content (AvgIpc) is 1.84. The van der Waals surface area contributed by atoms with Crippen molar-refractivity contribution in [3.63, 3.8) is 0 Å². The molecule has 0 bridgehead atoms. The third-order valence-corrected chi connectivity index (χ3v) is 17.2. The molecule has 0 atom stereocenters. The Labute approximate surface area is 85.3 Å². The van der Waals surface area contributed by atoms with E-state index in [0.717, 1.165) is 17.0 Å². The Kier molecular flexibility index (Phi) is 4.88. The molecular formula is C9H21IP+. The largest absolute Gasteiger partial charge is 0.155 e. The molecule has 0 fully saturated rings. The van der Waals surface area contributed by atoms with Gasteiger partial charge in [0.05, 0.1) is 21.9 Å². The molecule has 0 aromatic carbocycles. The van der Waals surface area contributed by atoms with Crippen molar-refractivity contribution >= 4 is 26.9 Å². The maximum absolute atomic E-state index is 2.76. The monoisotopic (exact) mass is 287 g/mol. The van der Waals surface area contributed by atoms with Gasteiger partial charge in [0.2, 0.25) is 0 Å². The van der Waals surface area contributed by atoms with Crippen molar-refractivity contribution in [3.05, 3.63) is 0 Å². The molecule has 11 heavy (non-hydrogen) atoms. The molecule has 0 radical (unpaired) electrons. The SMILES string of the molecule is CC(C)[P+](I)(C(C)C)C(C)C. The van der Waals surface area contributed by atoms with Crippen LogP contribution in [0, 0.1) is 0 Å². The van der Waals surface area contributed by atoms with Gasteiger partial charge in [0, 0.05) is 0 Å². The van der Waals surface area contributed by atoms with Crippen LogP contribution >= 0.6 is 26.9 Å². The van der Waals surface area contributed by atoms with Crippen molar-refractivity contribution in [2.75, 3.05) is 0 Å². The maximum atomic E-state index is 2.76. The standard InChI is InChI=1S/C9H21IP/c1-7(2)11(10,8(3)4)9(5)6/h7-9H,1-6H3/q+1. The van der Waals surface area contributed by atoms with Gasteiger partial charge in [0.25, 0.3) is 0 Å². The zero-order valence-electron chi connectivity index (χ0n) is 8.56. The van der Waals surface area contributed by atoms with Crippen molar-refractivity contribution in [2.24, 2.45) is 0 Å². The van der Waals surface area contributed by atoms with Crippen molar-refractivity contribution in [2.45, 2.75) is 58.5 Å². The van der Waals surface area contributed by atoms with Crippen LogP contribution in [0.25, 0.3) is 0 Å². The Hall–Kier alpha value is 1.16. The van der Waals surface area contributed by atoms with Crippen molar-refractivity contribution < 1.29 is 0 Å². The molecule has 68 valence electrons. The van der Waals surface area contributed by atoms with E-state index in [1.165, 1.54) is 0 Å². The lowest BCUT2D eigenvalue weighted by molar-refractivity contribution is 0.943. The molecule has 0 N–H and O–H groups in total. The first kappa shape index (κ1) is 12.2. The van der Waals surface area contributed by atoms with Crippen LogP contribution < -0.4 is 0 Å². The van der Waals surface area contributed by atoms with Crippen LogP contribution in [-0.2, 0) is 0 Å². The highest BCUT2D eigenvalue weighted by molar-refractivity contribution is 14.2. The van der Waals surface area contributed by atoms with Crippen molar-refractivity contribution in [1.29, 1.82) is 0 Å². The summed E-state index contributed by atoms with van der Waals surface area (Å²) >= 11 is 2.76. The molecule has 0 aromatic heterocycles. The quantitative estimate of drug-likeness (QED) is 0.526. The molecule has 0 rings (SSSR count). The van der Waals surface area contributed by atoms with Gasteiger partial charge in [-0.05, 0) is 41.5 Å². The zero-order valence-corrected chi connectivity index (χ0v) is 11.6. The summed E-state index contributed by atoms with van der Waals surface area (Å²) in [7, 11) is 0. The molecule has 0 aliphatic rings. The minimum absolute atomic E-state index is 0.715. The summed E-state index contributed by atoms with van der Waals surface area (Å²) in [5.74, 6) is 0. The Morgan fingerprint density at radius 2 is 0.909 bits per heavy atom. The van der Waals surface area contributed by atoms with E-state index in [4.69, 9.17) is 0 Å². The van der Waals surface area contributed by atoms with Crippen LogP contribution in [0.5, 0.6) is 0 Å². The topological polar surface area (TPSA) is 0 Å². The smallest absolute Gasteiger partial charge is 0.0278 e. The third kappa shape index (κ3) is 2.55. The van der Waals surface area contributed by atoms with Crippen LogP contribution in [0.1, 0.15) is 41.5 Å². The van der Waals surface area contributed by atoms with Gasteiger partial charge in [-0.15, -0.1) is 0 Å². The molecule has 0 spiro atoms. The van der Waals surface area contributed by atoms with E-state index in [1.807, 2.05) is 0 Å². The van der Waals surface area contributed by atoms with Gasteiger partial charge in [-0.25, -0.2) is 0 Å². The fourth-order valence-electron chi connectivity index (χ4n) is 1.79. The molecule has 0 unspecified atom stereocenters. The number of hydrogen-bond acceptors (Lipinski definition) is 0. The molecule has 0 saturated heterocycles. The molecule has 0 aliphatic carbocycles. The van der Waals surface area contributed by atoms with Crippen LogP contribution in [0.15, 0.2) is 0 Å². The molecule has 0 aromatic rings. The minimum atomic E-state index is -0.715. The fraction of sp³-hybridized carbons (Fsp3) is 1.00. The lowest BCUT2D eigenvalue weighted by Gasteiger charge is -2.31. The van der Waals surface area contributed by atoms with Crippen LogP contribution in [-0.4, -0.2) is 17.0 Å². The van der Waals surface area contributed by atoms with E-state index in [2.05, 4.69) is 63.6 Å². The van der Waals surface area contributed by atoms with Crippen molar-refractivity contribution in [3.8, 4) is 0 Å². The fourth-order valence-corrected chi connectivity index (χ4v) is 5.37. The third-order valence-electron chi connectivity index (χ3n) is 2.37. The summed E-state index contributed by atoms with van der Waals surface area (Å²) in [6, 6.07) is 0. The predicted octanol–water partition coefficient (Wildman–Crippen LogP) is 4.58. The van der Waals surface area contributed by atoms with E-state index in [9.17, 15) is 0 Å². The molecule has 0 saturated carbocycles. The molecule has 0 nitrogen and oxygen atoms in total. The van der Waals surface area contributed by atoms with Crippen LogP contribution in [0.3, 0.4) is 0 Å². The lowest BCUT2D eigenvalue weighted by atomic mass is 10.5. The Bertz CT molecular complexity index is 97.0. The second kappa shape index (κ2) is 4.41. The lowest BCUT2D eigenvalue weighted by Crippen LogP contribution is -2.17. The first-order valence-electron chi connectivity index (χ1n) is 4.41. The second-order valence-electron chi connectivity index (χ2n) is 4.02. The number of halogens is 1.